The number of hydrazone groups is 1. The molecule has 0 bridgehead atoms. The van der Waals surface area contributed by atoms with E-state index in [2.05, 4.69) is 34.5 Å². The first-order valence-electron chi connectivity index (χ1n) is 8.47. The summed E-state index contributed by atoms with van der Waals surface area (Å²) in [5, 5.41) is 6.24. The fourth-order valence-corrected chi connectivity index (χ4v) is 2.04. The van der Waals surface area contributed by atoms with Crippen molar-refractivity contribution in [1.82, 2.24) is 5.32 Å². The van der Waals surface area contributed by atoms with Crippen LogP contribution in [0.5, 0.6) is 0 Å². The Morgan fingerprint density at radius 2 is 2.04 bits per heavy atom. The maximum absolute atomic E-state index is 11.5. The molecule has 132 valence electrons. The van der Waals surface area contributed by atoms with Gasteiger partial charge in [-0.2, -0.15) is 5.10 Å². The zero-order chi connectivity index (χ0) is 17.5. The number of ether oxygens (including phenoxy) is 1. The van der Waals surface area contributed by atoms with Crippen LogP contribution in [0.4, 0.5) is 4.79 Å². The number of carbonyl (C=O) groups is 1. The number of amides is 1. The van der Waals surface area contributed by atoms with Gasteiger partial charge >= 0.3 is 6.09 Å². The molecule has 24 heavy (non-hydrogen) atoms. The summed E-state index contributed by atoms with van der Waals surface area (Å²) in [6, 6.07) is 10.1. The smallest absolute Gasteiger partial charge is 0.407 e. The summed E-state index contributed by atoms with van der Waals surface area (Å²) in [6.45, 7) is 3.43. The van der Waals surface area contributed by atoms with Gasteiger partial charge in [-0.25, -0.2) is 4.79 Å². The number of nitrogens with two attached hydrogens (primary N) is 1. The van der Waals surface area contributed by atoms with Gasteiger partial charge in [-0.05, 0) is 18.4 Å². The van der Waals surface area contributed by atoms with Crippen molar-refractivity contribution in [2.24, 2.45) is 15.9 Å². The van der Waals surface area contributed by atoms with Crippen molar-refractivity contribution < 1.29 is 9.53 Å². The number of alkyl carbamates (subject to hydrolysis) is 1. The number of unbranched alkanes of at least 4 members (excludes halogenated alkanes) is 3. The van der Waals surface area contributed by atoms with E-state index in [0.29, 0.717) is 18.9 Å². The molecule has 0 radical (unpaired) electrons. The second-order valence-corrected chi connectivity index (χ2v) is 5.44. The van der Waals surface area contributed by atoms with E-state index in [4.69, 9.17) is 10.6 Å². The summed E-state index contributed by atoms with van der Waals surface area (Å²) in [4.78, 5) is 15.8. The van der Waals surface area contributed by atoms with Gasteiger partial charge in [0, 0.05) is 12.8 Å². The van der Waals surface area contributed by atoms with Crippen molar-refractivity contribution in [3.63, 3.8) is 0 Å². The number of aliphatic imine (C=N–C) groups is 1. The van der Waals surface area contributed by atoms with Crippen LogP contribution in [0.15, 0.2) is 40.4 Å². The molecular weight excluding hydrogens is 304 g/mol. The van der Waals surface area contributed by atoms with E-state index in [1.54, 1.807) is 6.21 Å². The summed E-state index contributed by atoms with van der Waals surface area (Å²) in [7, 11) is 0. The molecule has 0 aliphatic rings. The largest absolute Gasteiger partial charge is 0.450 e. The average Bonchev–Trinajstić information content (AvgIpc) is 2.62. The van der Waals surface area contributed by atoms with Crippen molar-refractivity contribution >= 4 is 18.0 Å². The molecule has 0 saturated heterocycles. The first-order chi connectivity index (χ1) is 11.8. The van der Waals surface area contributed by atoms with Crippen molar-refractivity contribution in [2.45, 2.75) is 39.0 Å². The van der Waals surface area contributed by atoms with E-state index < -0.39 is 6.09 Å². The molecule has 6 nitrogen and oxygen atoms in total. The van der Waals surface area contributed by atoms with E-state index in [9.17, 15) is 4.79 Å². The van der Waals surface area contributed by atoms with Crippen LogP contribution in [-0.2, 0) is 11.2 Å². The highest BCUT2D eigenvalue weighted by Crippen LogP contribution is 1.99. The normalized spacial score (nSPS) is 11.6. The Bertz CT molecular complexity index is 515. The fourth-order valence-electron chi connectivity index (χ4n) is 2.04. The van der Waals surface area contributed by atoms with E-state index in [0.717, 1.165) is 32.1 Å². The minimum Gasteiger partial charge on any atom is -0.450 e. The van der Waals surface area contributed by atoms with Crippen molar-refractivity contribution in [3.05, 3.63) is 35.9 Å². The number of nitrogens with zero attached hydrogens (tertiary/aromatic N) is 2. The first-order valence-corrected chi connectivity index (χ1v) is 8.47. The Morgan fingerprint density at radius 1 is 1.25 bits per heavy atom. The van der Waals surface area contributed by atoms with Crippen LogP contribution in [0, 0.1) is 0 Å². The number of rotatable bonds is 11. The summed E-state index contributed by atoms with van der Waals surface area (Å²) < 4.78 is 5.08. The van der Waals surface area contributed by atoms with Gasteiger partial charge in [0.15, 0.2) is 0 Å². The minimum absolute atomic E-state index is 0.207. The zero-order valence-corrected chi connectivity index (χ0v) is 14.4. The maximum atomic E-state index is 11.5. The lowest BCUT2D eigenvalue weighted by molar-refractivity contribution is 0.145. The molecule has 1 rings (SSSR count). The zero-order valence-electron chi connectivity index (χ0n) is 14.4. The van der Waals surface area contributed by atoms with E-state index in [1.807, 2.05) is 18.2 Å². The van der Waals surface area contributed by atoms with Crippen molar-refractivity contribution in [3.8, 4) is 0 Å². The third kappa shape index (κ3) is 9.61. The molecule has 0 unspecified atom stereocenters. The number of hydrogen-bond acceptors (Lipinski definition) is 5. The average molecular weight is 332 g/mol. The van der Waals surface area contributed by atoms with E-state index >= 15 is 0 Å². The maximum Gasteiger partial charge on any atom is 0.407 e. The van der Waals surface area contributed by atoms with Crippen LogP contribution in [0.2, 0.25) is 0 Å². The summed E-state index contributed by atoms with van der Waals surface area (Å²) in [5.41, 5.74) is 1.73. The molecule has 0 fully saturated rings. The number of benzene rings is 1. The number of hydrogen-bond donors (Lipinski definition) is 2. The van der Waals surface area contributed by atoms with Crippen LogP contribution >= 0.6 is 0 Å². The first kappa shape index (κ1) is 19.7. The van der Waals surface area contributed by atoms with Gasteiger partial charge in [-0.1, -0.05) is 56.5 Å². The molecule has 3 N–H and O–H groups in total. The highest BCUT2D eigenvalue weighted by atomic mass is 16.5. The second kappa shape index (κ2) is 13.1. The van der Waals surface area contributed by atoms with Crippen LogP contribution in [-0.4, -0.2) is 37.7 Å². The van der Waals surface area contributed by atoms with Crippen LogP contribution in [0.1, 0.15) is 38.2 Å². The summed E-state index contributed by atoms with van der Waals surface area (Å²) >= 11 is 0. The fraction of sp³-hybridized carbons (Fsp3) is 0.500. The lowest BCUT2D eigenvalue weighted by atomic mass is 10.2. The Kier molecular flexibility index (Phi) is 10.7. The molecule has 6 heteroatoms. The molecule has 0 spiro atoms. The lowest BCUT2D eigenvalue weighted by Gasteiger charge is -2.06. The SMILES string of the molecule is CCCCCCOC(=O)NC/C(C=NCCc1ccccc1)=N/N. The van der Waals surface area contributed by atoms with Gasteiger partial charge in [-0.15, -0.1) is 0 Å². The lowest BCUT2D eigenvalue weighted by Crippen LogP contribution is -2.31. The van der Waals surface area contributed by atoms with Gasteiger partial charge in [0.25, 0.3) is 0 Å². The molecule has 1 amide bonds. The molecular formula is C18H28N4O2. The second-order valence-electron chi connectivity index (χ2n) is 5.44. The Labute approximate surface area is 144 Å². The molecule has 0 aliphatic heterocycles. The van der Waals surface area contributed by atoms with Crippen LogP contribution < -0.4 is 11.2 Å². The summed E-state index contributed by atoms with van der Waals surface area (Å²) in [5.74, 6) is 5.31. The Hall–Kier alpha value is -2.37. The molecule has 1 aromatic rings. The van der Waals surface area contributed by atoms with Crippen LogP contribution in [0.3, 0.4) is 0 Å². The van der Waals surface area contributed by atoms with Gasteiger partial charge < -0.3 is 15.9 Å². The standard InChI is InChI=1S/C18H28N4O2/c1-2-3-4-8-13-24-18(23)21-15-17(22-19)14-20-12-11-16-9-6-5-7-10-16/h5-7,9-10,14H,2-4,8,11-13,15,19H2,1H3,(H,21,23)/b20-14?,22-17+. The highest BCUT2D eigenvalue weighted by molar-refractivity contribution is 6.31. The van der Waals surface area contributed by atoms with Crippen molar-refractivity contribution in [2.75, 3.05) is 19.7 Å². The molecule has 0 heterocycles. The summed E-state index contributed by atoms with van der Waals surface area (Å²) in [6.07, 6.45) is 6.27. The van der Waals surface area contributed by atoms with E-state index in [1.165, 1.54) is 5.56 Å². The number of nitrogens with one attached hydrogen (secondary N) is 1. The minimum atomic E-state index is -0.453. The molecule has 1 aromatic carbocycles. The predicted octanol–water partition coefficient (Wildman–Crippen LogP) is 2.92. The van der Waals surface area contributed by atoms with Crippen LogP contribution in [0.25, 0.3) is 0 Å². The number of carbonyl (C=O) groups excluding carboxylic acids is 1. The Balaban J connectivity index is 2.17. The molecule has 0 aliphatic carbocycles. The predicted molar refractivity (Wildman–Crippen MR) is 98.6 cm³/mol. The molecule has 0 saturated carbocycles. The van der Waals surface area contributed by atoms with E-state index in [-0.39, 0.29) is 6.54 Å². The molecule has 0 atom stereocenters. The van der Waals surface area contributed by atoms with Gasteiger partial charge in [0.1, 0.15) is 0 Å². The van der Waals surface area contributed by atoms with Crippen molar-refractivity contribution in [1.29, 1.82) is 0 Å². The van der Waals surface area contributed by atoms with Gasteiger partial charge in [-0.3, -0.25) is 4.99 Å². The topological polar surface area (TPSA) is 89.1 Å². The molecule has 0 aromatic heterocycles. The van der Waals surface area contributed by atoms with Gasteiger partial charge in [0.2, 0.25) is 0 Å². The quantitative estimate of drug-likeness (QED) is 0.282. The highest BCUT2D eigenvalue weighted by Gasteiger charge is 2.03. The Morgan fingerprint density at radius 3 is 2.75 bits per heavy atom. The van der Waals surface area contributed by atoms with Gasteiger partial charge in [0.05, 0.1) is 18.9 Å². The third-order valence-electron chi connectivity index (χ3n) is 3.42. The monoisotopic (exact) mass is 332 g/mol. The third-order valence-corrected chi connectivity index (χ3v) is 3.42.